The van der Waals surface area contributed by atoms with Crippen molar-refractivity contribution >= 4 is 40.5 Å². The maximum absolute atomic E-state index is 12.1. The molecule has 7 heteroatoms. The van der Waals surface area contributed by atoms with Crippen molar-refractivity contribution in [2.24, 2.45) is 0 Å². The van der Waals surface area contributed by atoms with Crippen molar-refractivity contribution in [2.45, 2.75) is 20.3 Å². The molecule has 0 aliphatic carbocycles. The molecule has 0 saturated heterocycles. The molecule has 2 aromatic rings. The summed E-state index contributed by atoms with van der Waals surface area (Å²) in [5.74, 6) is -0.430. The molecule has 0 spiro atoms. The zero-order valence-electron chi connectivity index (χ0n) is 11.1. The Kier molecular flexibility index (Phi) is 4.20. The number of halogens is 2. The zero-order chi connectivity index (χ0) is 14.9. The summed E-state index contributed by atoms with van der Waals surface area (Å²) in [4.78, 5) is 12.1. The standard InChI is InChI=1S/C13H14Cl2N4O/c1-3-9-11(16)12(19-18-9)13(20)17-10-5-7(14)6(2)4-8(10)15/h4-5H,3,16H2,1-2H3,(H,17,20)(H,18,19). The van der Waals surface area contributed by atoms with Crippen molar-refractivity contribution < 1.29 is 4.79 Å². The van der Waals surface area contributed by atoms with Gasteiger partial charge in [-0.05, 0) is 31.0 Å². The number of anilines is 2. The number of nitrogens with one attached hydrogen (secondary N) is 2. The SMILES string of the molecule is CCc1[nH]nc(C(=O)Nc2cc(Cl)c(C)cc2Cl)c1N. The number of aryl methyl sites for hydroxylation is 2. The van der Waals surface area contributed by atoms with Gasteiger partial charge in [-0.3, -0.25) is 9.89 Å². The Balaban J connectivity index is 2.28. The quantitative estimate of drug-likeness (QED) is 0.812. The molecule has 1 amide bonds. The van der Waals surface area contributed by atoms with Crippen molar-refractivity contribution in [2.75, 3.05) is 11.1 Å². The Morgan fingerprint density at radius 2 is 2.10 bits per heavy atom. The molecule has 4 N–H and O–H groups in total. The normalized spacial score (nSPS) is 10.6. The van der Waals surface area contributed by atoms with Gasteiger partial charge < -0.3 is 11.1 Å². The molecular formula is C13H14Cl2N4O. The number of nitrogens with two attached hydrogens (primary N) is 1. The molecule has 0 aliphatic heterocycles. The third-order valence-corrected chi connectivity index (χ3v) is 3.67. The van der Waals surface area contributed by atoms with Gasteiger partial charge in [0.2, 0.25) is 0 Å². The van der Waals surface area contributed by atoms with Crippen LogP contribution in [0.25, 0.3) is 0 Å². The van der Waals surface area contributed by atoms with E-state index in [1.807, 2.05) is 13.8 Å². The molecule has 106 valence electrons. The van der Waals surface area contributed by atoms with Crippen LogP contribution in [0.4, 0.5) is 11.4 Å². The second-order valence-electron chi connectivity index (χ2n) is 4.35. The Labute approximate surface area is 126 Å². The van der Waals surface area contributed by atoms with Gasteiger partial charge in [0.25, 0.3) is 5.91 Å². The molecule has 0 bridgehead atoms. The molecule has 0 radical (unpaired) electrons. The number of aromatic amines is 1. The first kappa shape index (κ1) is 14.7. The monoisotopic (exact) mass is 312 g/mol. The molecule has 5 nitrogen and oxygen atoms in total. The summed E-state index contributed by atoms with van der Waals surface area (Å²) >= 11 is 12.1. The predicted octanol–water partition coefficient (Wildman–Crippen LogP) is 3.42. The summed E-state index contributed by atoms with van der Waals surface area (Å²) in [7, 11) is 0. The van der Waals surface area contributed by atoms with E-state index < -0.39 is 5.91 Å². The molecule has 20 heavy (non-hydrogen) atoms. The molecular weight excluding hydrogens is 299 g/mol. The van der Waals surface area contributed by atoms with Crippen LogP contribution in [0.3, 0.4) is 0 Å². The van der Waals surface area contributed by atoms with Crippen LogP contribution in [0.2, 0.25) is 10.0 Å². The number of carbonyl (C=O) groups is 1. The fourth-order valence-corrected chi connectivity index (χ4v) is 2.18. The third-order valence-electron chi connectivity index (χ3n) is 2.95. The first-order valence-electron chi connectivity index (χ1n) is 6.03. The Hall–Kier alpha value is -1.72. The van der Waals surface area contributed by atoms with Crippen LogP contribution in [0.5, 0.6) is 0 Å². The minimum atomic E-state index is -0.430. The van der Waals surface area contributed by atoms with E-state index in [1.165, 1.54) is 0 Å². The fraction of sp³-hybridized carbons (Fsp3) is 0.231. The molecule has 1 aromatic carbocycles. The van der Waals surface area contributed by atoms with Gasteiger partial charge >= 0.3 is 0 Å². The first-order chi connectivity index (χ1) is 9.43. The molecule has 0 saturated carbocycles. The van der Waals surface area contributed by atoms with E-state index in [0.29, 0.717) is 27.8 Å². The van der Waals surface area contributed by atoms with Gasteiger partial charge in [0.1, 0.15) is 0 Å². The van der Waals surface area contributed by atoms with E-state index in [9.17, 15) is 4.79 Å². The number of nitrogens with zero attached hydrogens (tertiary/aromatic N) is 1. The van der Waals surface area contributed by atoms with Gasteiger partial charge in [-0.25, -0.2) is 0 Å². The van der Waals surface area contributed by atoms with Crippen LogP contribution in [-0.2, 0) is 6.42 Å². The number of benzene rings is 1. The Morgan fingerprint density at radius 3 is 2.70 bits per heavy atom. The number of carbonyl (C=O) groups excluding carboxylic acids is 1. The lowest BCUT2D eigenvalue weighted by molar-refractivity contribution is 0.102. The van der Waals surface area contributed by atoms with Crippen LogP contribution in [0.1, 0.15) is 28.7 Å². The van der Waals surface area contributed by atoms with Crippen molar-refractivity contribution in [1.29, 1.82) is 0 Å². The molecule has 0 atom stereocenters. The van der Waals surface area contributed by atoms with Crippen LogP contribution >= 0.6 is 23.2 Å². The number of rotatable bonds is 3. The van der Waals surface area contributed by atoms with E-state index >= 15 is 0 Å². The zero-order valence-corrected chi connectivity index (χ0v) is 12.6. The molecule has 2 rings (SSSR count). The summed E-state index contributed by atoms with van der Waals surface area (Å²) in [6.45, 7) is 3.75. The van der Waals surface area contributed by atoms with Crippen LogP contribution < -0.4 is 11.1 Å². The molecule has 0 fully saturated rings. The van der Waals surface area contributed by atoms with Gasteiger partial charge in [-0.2, -0.15) is 5.10 Å². The topological polar surface area (TPSA) is 83.8 Å². The average Bonchev–Trinajstić information content (AvgIpc) is 2.77. The van der Waals surface area contributed by atoms with E-state index in [2.05, 4.69) is 15.5 Å². The molecule has 1 heterocycles. The second kappa shape index (κ2) is 5.73. The highest BCUT2D eigenvalue weighted by Gasteiger charge is 2.17. The molecule has 0 aliphatic rings. The number of amides is 1. The minimum absolute atomic E-state index is 0.148. The summed E-state index contributed by atoms with van der Waals surface area (Å²) in [5.41, 5.74) is 8.33. The van der Waals surface area contributed by atoms with Crippen molar-refractivity contribution in [1.82, 2.24) is 10.2 Å². The minimum Gasteiger partial charge on any atom is -0.395 e. The van der Waals surface area contributed by atoms with E-state index in [0.717, 1.165) is 11.3 Å². The second-order valence-corrected chi connectivity index (χ2v) is 5.17. The van der Waals surface area contributed by atoms with Gasteiger partial charge in [-0.1, -0.05) is 30.1 Å². The lowest BCUT2D eigenvalue weighted by Gasteiger charge is -2.08. The Bertz CT molecular complexity index is 667. The first-order valence-corrected chi connectivity index (χ1v) is 6.79. The molecule has 0 unspecified atom stereocenters. The summed E-state index contributed by atoms with van der Waals surface area (Å²) in [6, 6.07) is 3.28. The van der Waals surface area contributed by atoms with E-state index in [4.69, 9.17) is 28.9 Å². The number of hydrogen-bond donors (Lipinski definition) is 3. The molecule has 1 aromatic heterocycles. The van der Waals surface area contributed by atoms with Crippen LogP contribution in [-0.4, -0.2) is 16.1 Å². The van der Waals surface area contributed by atoms with Gasteiger partial charge in [0.05, 0.1) is 22.1 Å². The van der Waals surface area contributed by atoms with Crippen molar-refractivity contribution in [3.8, 4) is 0 Å². The predicted molar refractivity (Wildman–Crippen MR) is 81.5 cm³/mol. The van der Waals surface area contributed by atoms with Crippen LogP contribution in [0.15, 0.2) is 12.1 Å². The van der Waals surface area contributed by atoms with E-state index in [-0.39, 0.29) is 5.69 Å². The van der Waals surface area contributed by atoms with E-state index in [1.54, 1.807) is 12.1 Å². The number of H-pyrrole nitrogens is 1. The summed E-state index contributed by atoms with van der Waals surface area (Å²) in [6.07, 6.45) is 0.670. The van der Waals surface area contributed by atoms with Crippen molar-refractivity contribution in [3.05, 3.63) is 39.1 Å². The summed E-state index contributed by atoms with van der Waals surface area (Å²) < 4.78 is 0. The largest absolute Gasteiger partial charge is 0.395 e. The Morgan fingerprint density at radius 1 is 1.40 bits per heavy atom. The van der Waals surface area contributed by atoms with Crippen molar-refractivity contribution in [3.63, 3.8) is 0 Å². The average molecular weight is 313 g/mol. The maximum atomic E-state index is 12.1. The van der Waals surface area contributed by atoms with Gasteiger partial charge in [-0.15, -0.1) is 0 Å². The third kappa shape index (κ3) is 2.73. The highest BCUT2D eigenvalue weighted by Crippen LogP contribution is 2.29. The fourth-order valence-electron chi connectivity index (χ4n) is 1.75. The lowest BCUT2D eigenvalue weighted by Crippen LogP contribution is -2.14. The van der Waals surface area contributed by atoms with Gasteiger partial charge in [0.15, 0.2) is 5.69 Å². The highest BCUT2D eigenvalue weighted by molar-refractivity contribution is 6.36. The van der Waals surface area contributed by atoms with Gasteiger partial charge in [0, 0.05) is 5.02 Å². The highest BCUT2D eigenvalue weighted by atomic mass is 35.5. The lowest BCUT2D eigenvalue weighted by atomic mass is 10.2. The van der Waals surface area contributed by atoms with Crippen LogP contribution in [0, 0.1) is 6.92 Å². The smallest absolute Gasteiger partial charge is 0.278 e. The number of hydrogen-bond acceptors (Lipinski definition) is 3. The number of aromatic nitrogens is 2. The number of nitrogen functional groups attached to an aromatic ring is 1. The maximum Gasteiger partial charge on any atom is 0.278 e. The summed E-state index contributed by atoms with van der Waals surface area (Å²) in [5, 5.41) is 10.2.